The molecule has 134 valence electrons. The quantitative estimate of drug-likeness (QED) is 0.678. The monoisotopic (exact) mass is 376 g/mol. The third-order valence-corrected chi connectivity index (χ3v) is 4.04. The number of nitrogens with zero attached hydrogens (tertiary/aromatic N) is 2. The van der Waals surface area contributed by atoms with Gasteiger partial charge in [0.05, 0.1) is 5.69 Å². The van der Waals surface area contributed by atoms with Crippen molar-refractivity contribution >= 4 is 22.5 Å². The van der Waals surface area contributed by atoms with Crippen LogP contribution in [0, 0.1) is 0 Å². The lowest BCUT2D eigenvalue weighted by molar-refractivity contribution is -0.0498. The molecule has 0 bridgehead atoms. The predicted octanol–water partition coefficient (Wildman–Crippen LogP) is 4.13. The summed E-state index contributed by atoms with van der Waals surface area (Å²) in [4.78, 5) is 20.3. The topological polar surface area (TPSA) is 76.1 Å². The number of carbonyl (C=O) groups is 1. The molecule has 0 radical (unpaired) electrons. The number of ether oxygens (including phenoxy) is 1. The SMILES string of the molecule is O=C(NCc1cccc(OC(F)F)c1)Nc1nc(-c2ccncc2)cs1. The lowest BCUT2D eigenvalue weighted by Crippen LogP contribution is -2.28. The number of rotatable bonds is 6. The molecule has 0 saturated carbocycles. The zero-order chi connectivity index (χ0) is 18.4. The van der Waals surface area contributed by atoms with Gasteiger partial charge in [-0.2, -0.15) is 8.78 Å². The minimum absolute atomic E-state index is 0.0432. The number of nitrogens with one attached hydrogen (secondary N) is 2. The van der Waals surface area contributed by atoms with Gasteiger partial charge in [0.15, 0.2) is 5.13 Å². The van der Waals surface area contributed by atoms with Crippen molar-refractivity contribution in [3.63, 3.8) is 0 Å². The maximum absolute atomic E-state index is 12.2. The maximum atomic E-state index is 12.2. The second-order valence-corrected chi connectivity index (χ2v) is 5.97. The van der Waals surface area contributed by atoms with Crippen LogP contribution in [-0.4, -0.2) is 22.6 Å². The summed E-state index contributed by atoms with van der Waals surface area (Å²) in [6.45, 7) is -2.73. The molecular weight excluding hydrogens is 362 g/mol. The third kappa shape index (κ3) is 4.96. The van der Waals surface area contributed by atoms with Crippen molar-refractivity contribution in [1.29, 1.82) is 0 Å². The molecule has 2 amide bonds. The Morgan fingerprint density at radius 3 is 2.81 bits per heavy atom. The molecule has 6 nitrogen and oxygen atoms in total. The summed E-state index contributed by atoms with van der Waals surface area (Å²) in [6, 6.07) is 9.35. The fraction of sp³-hybridized carbons (Fsp3) is 0.118. The summed E-state index contributed by atoms with van der Waals surface area (Å²) in [5, 5.41) is 7.56. The molecule has 2 heterocycles. The third-order valence-electron chi connectivity index (χ3n) is 3.28. The standard InChI is InChI=1S/C17H14F2N4O2S/c18-15(19)25-13-3-1-2-11(8-13)9-21-16(24)23-17-22-14(10-26-17)12-4-6-20-7-5-12/h1-8,10,15H,9H2,(H2,21,22,23,24). The van der Waals surface area contributed by atoms with Crippen LogP contribution >= 0.6 is 11.3 Å². The van der Waals surface area contributed by atoms with Crippen LogP contribution in [0.1, 0.15) is 5.56 Å². The van der Waals surface area contributed by atoms with E-state index in [1.807, 2.05) is 17.5 Å². The Hall–Kier alpha value is -3.07. The van der Waals surface area contributed by atoms with Gasteiger partial charge in [0, 0.05) is 29.9 Å². The minimum atomic E-state index is -2.89. The highest BCUT2D eigenvalue weighted by Crippen LogP contribution is 2.24. The van der Waals surface area contributed by atoms with E-state index in [0.29, 0.717) is 10.7 Å². The average Bonchev–Trinajstić information content (AvgIpc) is 3.09. The smallest absolute Gasteiger partial charge is 0.387 e. The number of carbonyl (C=O) groups excluding carboxylic acids is 1. The molecule has 2 aromatic heterocycles. The lowest BCUT2D eigenvalue weighted by atomic mass is 10.2. The molecule has 1 aromatic carbocycles. The summed E-state index contributed by atoms with van der Waals surface area (Å²) in [5.74, 6) is 0.0432. The van der Waals surface area contributed by atoms with Gasteiger partial charge >= 0.3 is 12.6 Å². The number of hydrogen-bond acceptors (Lipinski definition) is 5. The highest BCUT2D eigenvalue weighted by atomic mass is 32.1. The Morgan fingerprint density at radius 1 is 1.23 bits per heavy atom. The van der Waals surface area contributed by atoms with Gasteiger partial charge in [0.2, 0.25) is 0 Å². The summed E-state index contributed by atoms with van der Waals surface area (Å²) in [5.41, 5.74) is 2.28. The van der Waals surface area contributed by atoms with Gasteiger partial charge in [-0.3, -0.25) is 10.3 Å². The normalized spacial score (nSPS) is 10.6. The molecule has 0 atom stereocenters. The highest BCUT2D eigenvalue weighted by molar-refractivity contribution is 7.14. The van der Waals surface area contributed by atoms with Gasteiger partial charge in [-0.1, -0.05) is 12.1 Å². The van der Waals surface area contributed by atoms with E-state index >= 15 is 0 Å². The van der Waals surface area contributed by atoms with E-state index in [1.54, 1.807) is 24.5 Å². The van der Waals surface area contributed by atoms with Crippen molar-refractivity contribution in [2.24, 2.45) is 0 Å². The molecule has 3 aromatic rings. The number of anilines is 1. The molecular formula is C17H14F2N4O2S. The largest absolute Gasteiger partial charge is 0.435 e. The number of pyridine rings is 1. The molecule has 0 spiro atoms. The summed E-state index contributed by atoms with van der Waals surface area (Å²) >= 11 is 1.30. The van der Waals surface area contributed by atoms with Crippen LogP contribution in [0.5, 0.6) is 5.75 Å². The second kappa shape index (κ2) is 8.34. The van der Waals surface area contributed by atoms with Crippen molar-refractivity contribution < 1.29 is 18.3 Å². The first-order valence-electron chi connectivity index (χ1n) is 7.54. The number of thiazole rings is 1. The Balaban J connectivity index is 1.54. The predicted molar refractivity (Wildman–Crippen MR) is 94.3 cm³/mol. The number of amides is 2. The van der Waals surface area contributed by atoms with E-state index < -0.39 is 12.6 Å². The number of halogens is 2. The van der Waals surface area contributed by atoms with E-state index in [2.05, 4.69) is 25.3 Å². The van der Waals surface area contributed by atoms with Crippen LogP contribution < -0.4 is 15.4 Å². The Kier molecular flexibility index (Phi) is 5.69. The fourth-order valence-corrected chi connectivity index (χ4v) is 2.86. The Bertz CT molecular complexity index is 874. The molecule has 0 aliphatic carbocycles. The Morgan fingerprint density at radius 2 is 2.04 bits per heavy atom. The number of hydrogen-bond donors (Lipinski definition) is 2. The van der Waals surface area contributed by atoms with Crippen LogP contribution in [0.2, 0.25) is 0 Å². The zero-order valence-corrected chi connectivity index (χ0v) is 14.2. The Labute approximate surface area is 151 Å². The molecule has 3 rings (SSSR count). The number of urea groups is 1. The molecule has 2 N–H and O–H groups in total. The van der Waals surface area contributed by atoms with Gasteiger partial charge < -0.3 is 10.1 Å². The fourth-order valence-electron chi connectivity index (χ4n) is 2.14. The van der Waals surface area contributed by atoms with Crippen LogP contribution in [0.25, 0.3) is 11.3 Å². The van der Waals surface area contributed by atoms with Crippen molar-refractivity contribution in [2.45, 2.75) is 13.2 Å². The van der Waals surface area contributed by atoms with Crippen molar-refractivity contribution in [3.05, 3.63) is 59.7 Å². The molecule has 0 fully saturated rings. The van der Waals surface area contributed by atoms with E-state index in [-0.39, 0.29) is 12.3 Å². The van der Waals surface area contributed by atoms with E-state index in [9.17, 15) is 13.6 Å². The summed E-state index contributed by atoms with van der Waals surface area (Å²) in [7, 11) is 0. The van der Waals surface area contributed by atoms with Gasteiger partial charge in [-0.15, -0.1) is 11.3 Å². The maximum Gasteiger partial charge on any atom is 0.387 e. The average molecular weight is 376 g/mol. The van der Waals surface area contributed by atoms with Crippen LogP contribution in [0.3, 0.4) is 0 Å². The van der Waals surface area contributed by atoms with E-state index in [4.69, 9.17) is 0 Å². The first-order valence-corrected chi connectivity index (χ1v) is 8.42. The van der Waals surface area contributed by atoms with Gasteiger partial charge in [-0.05, 0) is 29.8 Å². The summed E-state index contributed by atoms with van der Waals surface area (Å²) < 4.78 is 28.8. The van der Waals surface area contributed by atoms with Crippen LogP contribution in [0.15, 0.2) is 54.2 Å². The molecule has 9 heteroatoms. The number of benzene rings is 1. The van der Waals surface area contributed by atoms with Crippen molar-refractivity contribution in [2.75, 3.05) is 5.32 Å². The zero-order valence-electron chi connectivity index (χ0n) is 13.4. The van der Waals surface area contributed by atoms with Crippen molar-refractivity contribution in [1.82, 2.24) is 15.3 Å². The molecule has 26 heavy (non-hydrogen) atoms. The first kappa shape index (κ1) is 17.7. The van der Waals surface area contributed by atoms with Crippen LogP contribution in [-0.2, 0) is 6.54 Å². The molecule has 0 aliphatic heterocycles. The first-order chi connectivity index (χ1) is 12.6. The molecule has 0 saturated heterocycles. The van der Waals surface area contributed by atoms with Gasteiger partial charge in [0.25, 0.3) is 0 Å². The van der Waals surface area contributed by atoms with E-state index in [0.717, 1.165) is 11.3 Å². The number of aromatic nitrogens is 2. The highest BCUT2D eigenvalue weighted by Gasteiger charge is 2.09. The van der Waals surface area contributed by atoms with Gasteiger partial charge in [0.1, 0.15) is 5.75 Å². The van der Waals surface area contributed by atoms with Crippen molar-refractivity contribution in [3.8, 4) is 17.0 Å². The summed E-state index contributed by atoms with van der Waals surface area (Å²) in [6.07, 6.45) is 3.33. The number of alkyl halides is 2. The molecule has 0 aliphatic rings. The lowest BCUT2D eigenvalue weighted by Gasteiger charge is -2.08. The van der Waals surface area contributed by atoms with Crippen LogP contribution in [0.4, 0.5) is 18.7 Å². The molecule has 0 unspecified atom stereocenters. The minimum Gasteiger partial charge on any atom is -0.435 e. The van der Waals surface area contributed by atoms with E-state index in [1.165, 1.54) is 23.5 Å². The van der Waals surface area contributed by atoms with Gasteiger partial charge in [-0.25, -0.2) is 9.78 Å². The second-order valence-electron chi connectivity index (χ2n) is 5.11.